The van der Waals surface area contributed by atoms with E-state index in [0.717, 1.165) is 11.1 Å². The second kappa shape index (κ2) is 12.7. The number of ether oxygens (including phenoxy) is 2. The van der Waals surface area contributed by atoms with Gasteiger partial charge in [-0.05, 0) is 47.5 Å². The van der Waals surface area contributed by atoms with Gasteiger partial charge < -0.3 is 23.8 Å². The molecule has 0 heterocycles. The molecule has 0 fully saturated rings. The van der Waals surface area contributed by atoms with Crippen LogP contribution in [-0.2, 0) is 22.3 Å². The summed E-state index contributed by atoms with van der Waals surface area (Å²) in [6.07, 6.45) is -0.586. The van der Waals surface area contributed by atoms with Gasteiger partial charge >= 0.3 is 13.7 Å². The highest BCUT2D eigenvalue weighted by molar-refractivity contribution is 7.55. The van der Waals surface area contributed by atoms with Crippen LogP contribution in [-0.4, -0.2) is 19.0 Å². The number of hydrogen-bond acceptors (Lipinski definition) is 6. The Bertz CT molecular complexity index is 1260. The molecule has 4 aromatic rings. The van der Waals surface area contributed by atoms with Gasteiger partial charge in [-0.3, -0.25) is 0 Å². The smallest absolute Gasteiger partial charge is 0.453 e. The molecule has 0 aromatic heterocycles. The Kier molecular flexibility index (Phi) is 8.84. The van der Waals surface area contributed by atoms with Crippen molar-refractivity contribution in [2.45, 2.75) is 18.8 Å². The molecule has 1 atom stereocenters. The van der Waals surface area contributed by atoms with E-state index in [1.807, 2.05) is 54.6 Å². The third kappa shape index (κ3) is 7.63. The number of carbonyl (C=O) groups is 1. The van der Waals surface area contributed by atoms with Crippen molar-refractivity contribution >= 4 is 13.7 Å². The largest absolute Gasteiger partial charge is 0.497 e. The number of carbonyl (C=O) groups excluding carboxylic acids is 1. The Morgan fingerprint density at radius 2 is 1.22 bits per heavy atom. The minimum atomic E-state index is -4.05. The molecule has 0 spiro atoms. The molecular formula is C29H28NO6P. The molecule has 8 heteroatoms. The highest BCUT2D eigenvalue weighted by atomic mass is 31.2. The normalized spacial score (nSPS) is 11.7. The van der Waals surface area contributed by atoms with Gasteiger partial charge in [-0.1, -0.05) is 78.9 Å². The molecule has 0 aliphatic heterocycles. The molecule has 0 saturated carbocycles. The fourth-order valence-corrected chi connectivity index (χ4v) is 5.35. The highest BCUT2D eigenvalue weighted by Gasteiger charge is 2.41. The highest BCUT2D eigenvalue weighted by Crippen LogP contribution is 2.53. The van der Waals surface area contributed by atoms with Crippen LogP contribution >= 0.6 is 7.60 Å². The van der Waals surface area contributed by atoms with Crippen molar-refractivity contribution in [1.29, 1.82) is 0 Å². The van der Waals surface area contributed by atoms with Crippen molar-refractivity contribution in [1.82, 2.24) is 5.32 Å². The lowest BCUT2D eigenvalue weighted by Gasteiger charge is -2.28. The Morgan fingerprint density at radius 1 is 0.703 bits per heavy atom. The minimum Gasteiger partial charge on any atom is -0.497 e. The molecule has 0 bridgehead atoms. The molecule has 7 nitrogen and oxygen atoms in total. The molecule has 0 aliphatic carbocycles. The summed E-state index contributed by atoms with van der Waals surface area (Å²) in [5, 5.41) is 2.74. The van der Waals surface area contributed by atoms with Crippen LogP contribution in [0.5, 0.6) is 17.2 Å². The zero-order chi connectivity index (χ0) is 25.9. The van der Waals surface area contributed by atoms with Gasteiger partial charge in [0.25, 0.3) is 0 Å². The van der Waals surface area contributed by atoms with Gasteiger partial charge in [0, 0.05) is 6.42 Å². The lowest BCUT2D eigenvalue weighted by atomic mass is 10.1. The van der Waals surface area contributed by atoms with Crippen LogP contribution in [0, 0.1) is 0 Å². The first-order valence-electron chi connectivity index (χ1n) is 11.7. The standard InChI is InChI=1S/C29H28NO6P/c1-33-25-19-17-23(18-20-25)21-28(30-29(31)34-22-24-11-5-2-6-12-24)37(32,35-26-13-7-3-8-14-26)36-27-15-9-4-10-16-27/h2-20,28H,21-22H2,1H3,(H,30,31). The molecule has 1 amide bonds. The van der Waals surface area contributed by atoms with Gasteiger partial charge in [0.15, 0.2) is 5.78 Å². The van der Waals surface area contributed by atoms with Crippen LogP contribution in [0.4, 0.5) is 4.79 Å². The molecule has 1 unspecified atom stereocenters. The third-order valence-corrected chi connectivity index (χ3v) is 7.42. The van der Waals surface area contributed by atoms with E-state index in [-0.39, 0.29) is 13.0 Å². The molecule has 0 radical (unpaired) electrons. The lowest BCUT2D eigenvalue weighted by molar-refractivity contribution is 0.137. The molecule has 190 valence electrons. The first-order valence-corrected chi connectivity index (χ1v) is 13.3. The summed E-state index contributed by atoms with van der Waals surface area (Å²) < 4.78 is 37.1. The lowest BCUT2D eigenvalue weighted by Crippen LogP contribution is -2.39. The summed E-state index contributed by atoms with van der Waals surface area (Å²) in [5.41, 5.74) is 1.62. The fraction of sp³-hybridized carbons (Fsp3) is 0.138. The zero-order valence-corrected chi connectivity index (χ0v) is 21.3. The Morgan fingerprint density at radius 3 is 1.73 bits per heavy atom. The second-order valence-electron chi connectivity index (χ2n) is 8.12. The van der Waals surface area contributed by atoms with Crippen LogP contribution in [0.2, 0.25) is 0 Å². The SMILES string of the molecule is COc1ccc(CC(NC(=O)OCc2ccccc2)P(=O)(Oc2ccccc2)Oc2ccccc2)cc1. The van der Waals surface area contributed by atoms with Crippen LogP contribution in [0.15, 0.2) is 115 Å². The average molecular weight is 518 g/mol. The Balaban J connectivity index is 1.63. The first-order chi connectivity index (χ1) is 18.0. The molecule has 0 saturated heterocycles. The van der Waals surface area contributed by atoms with E-state index in [0.29, 0.717) is 17.2 Å². The van der Waals surface area contributed by atoms with Gasteiger partial charge in [0.2, 0.25) is 0 Å². The number of hydrogen-bond donors (Lipinski definition) is 1. The molecule has 4 rings (SSSR count). The third-order valence-electron chi connectivity index (χ3n) is 5.42. The Labute approximate surface area is 216 Å². The molecular weight excluding hydrogens is 489 g/mol. The van der Waals surface area contributed by atoms with Crippen molar-refractivity contribution < 1.29 is 27.9 Å². The van der Waals surface area contributed by atoms with Crippen molar-refractivity contribution in [2.75, 3.05) is 7.11 Å². The minimum absolute atomic E-state index is 0.0608. The number of para-hydroxylation sites is 2. The number of nitrogens with one attached hydrogen (secondary N) is 1. The summed E-state index contributed by atoms with van der Waals surface area (Å²) in [7, 11) is -2.47. The zero-order valence-electron chi connectivity index (χ0n) is 20.4. The summed E-state index contributed by atoms with van der Waals surface area (Å²) in [6.45, 7) is 0.0608. The average Bonchev–Trinajstić information content (AvgIpc) is 2.93. The van der Waals surface area contributed by atoms with Crippen LogP contribution in [0.3, 0.4) is 0 Å². The van der Waals surface area contributed by atoms with Crippen molar-refractivity contribution in [3.05, 3.63) is 126 Å². The van der Waals surface area contributed by atoms with Gasteiger partial charge in [-0.2, -0.15) is 0 Å². The molecule has 0 aliphatic rings. The van der Waals surface area contributed by atoms with Crippen LogP contribution in [0.25, 0.3) is 0 Å². The summed E-state index contributed by atoms with van der Waals surface area (Å²) in [5.74, 6) is 0.311. The second-order valence-corrected chi connectivity index (χ2v) is 10.2. The van der Waals surface area contributed by atoms with E-state index in [2.05, 4.69) is 5.32 Å². The predicted molar refractivity (Wildman–Crippen MR) is 142 cm³/mol. The van der Waals surface area contributed by atoms with Gasteiger partial charge in [0.05, 0.1) is 7.11 Å². The van der Waals surface area contributed by atoms with Crippen LogP contribution in [0.1, 0.15) is 11.1 Å². The summed E-state index contributed by atoms with van der Waals surface area (Å²) in [4.78, 5) is 12.9. The van der Waals surface area contributed by atoms with Crippen molar-refractivity contribution in [3.63, 3.8) is 0 Å². The molecule has 37 heavy (non-hydrogen) atoms. The van der Waals surface area contributed by atoms with Gasteiger partial charge in [0.1, 0.15) is 23.9 Å². The number of rotatable bonds is 11. The van der Waals surface area contributed by atoms with E-state index < -0.39 is 19.5 Å². The van der Waals surface area contributed by atoms with E-state index in [4.69, 9.17) is 18.5 Å². The maximum Gasteiger partial charge on any atom is 0.453 e. The van der Waals surface area contributed by atoms with E-state index in [1.165, 1.54) is 0 Å². The van der Waals surface area contributed by atoms with Crippen molar-refractivity contribution in [3.8, 4) is 17.2 Å². The summed E-state index contributed by atoms with van der Waals surface area (Å²) >= 11 is 0. The molecule has 1 N–H and O–H groups in total. The van der Waals surface area contributed by atoms with Crippen LogP contribution < -0.4 is 19.1 Å². The maximum absolute atomic E-state index is 14.4. The molecule has 4 aromatic carbocycles. The van der Waals surface area contributed by atoms with E-state index in [9.17, 15) is 9.36 Å². The topological polar surface area (TPSA) is 83.1 Å². The van der Waals surface area contributed by atoms with E-state index in [1.54, 1.807) is 67.8 Å². The first kappa shape index (κ1) is 25.9. The number of benzene rings is 4. The Hall–Kier alpha value is -4.22. The summed E-state index contributed by atoms with van der Waals surface area (Å²) in [6, 6.07) is 34.0. The number of methoxy groups -OCH3 is 1. The maximum atomic E-state index is 14.4. The quantitative estimate of drug-likeness (QED) is 0.219. The van der Waals surface area contributed by atoms with E-state index >= 15 is 0 Å². The van der Waals surface area contributed by atoms with Gasteiger partial charge in [-0.15, -0.1) is 0 Å². The fourth-order valence-electron chi connectivity index (χ4n) is 3.53. The number of amides is 1. The van der Waals surface area contributed by atoms with Crippen molar-refractivity contribution in [2.24, 2.45) is 0 Å². The monoisotopic (exact) mass is 517 g/mol. The van der Waals surface area contributed by atoms with Gasteiger partial charge in [-0.25, -0.2) is 9.36 Å². The predicted octanol–water partition coefficient (Wildman–Crippen LogP) is 6.84. The number of alkyl carbamates (subject to hydrolysis) is 1.